The van der Waals surface area contributed by atoms with E-state index in [0.29, 0.717) is 18.2 Å². The SMILES string of the molecule is CCCc1nc(C(=O)NCC2CCN(c3ncnc4sccc34)CC2)cs1. The highest BCUT2D eigenvalue weighted by Gasteiger charge is 2.22. The Morgan fingerprint density at radius 3 is 2.96 bits per heavy atom. The van der Waals surface area contributed by atoms with Crippen LogP contribution >= 0.6 is 22.7 Å². The first-order valence-electron chi connectivity index (χ1n) is 9.40. The van der Waals surface area contributed by atoms with Crippen LogP contribution in [0, 0.1) is 5.92 Å². The number of anilines is 1. The number of aromatic nitrogens is 3. The molecule has 8 heteroatoms. The van der Waals surface area contributed by atoms with Crippen LogP contribution in [0.1, 0.15) is 41.7 Å². The van der Waals surface area contributed by atoms with Gasteiger partial charge in [-0.05, 0) is 43.0 Å². The number of fused-ring (bicyclic) bond motifs is 1. The van der Waals surface area contributed by atoms with Crippen molar-refractivity contribution in [1.82, 2.24) is 20.3 Å². The predicted octanol–water partition coefficient (Wildman–Crippen LogP) is 3.75. The van der Waals surface area contributed by atoms with E-state index in [-0.39, 0.29) is 5.91 Å². The van der Waals surface area contributed by atoms with E-state index in [4.69, 9.17) is 0 Å². The van der Waals surface area contributed by atoms with E-state index in [1.165, 1.54) is 0 Å². The minimum absolute atomic E-state index is 0.0492. The summed E-state index contributed by atoms with van der Waals surface area (Å²) in [6, 6.07) is 2.10. The average molecular weight is 402 g/mol. The standard InChI is InChI=1S/C19H23N5OS2/c1-2-3-16-23-15(11-27-16)18(25)20-10-13-4-7-24(8-5-13)17-14-6-9-26-19(14)22-12-21-17/h6,9,11-13H,2-5,7-8,10H2,1H3,(H,20,25). The van der Waals surface area contributed by atoms with Crippen LogP contribution in [0.2, 0.25) is 0 Å². The van der Waals surface area contributed by atoms with Gasteiger partial charge in [0, 0.05) is 25.0 Å². The fourth-order valence-electron chi connectivity index (χ4n) is 3.45. The molecule has 0 aromatic carbocycles. The number of piperidine rings is 1. The molecule has 0 spiro atoms. The highest BCUT2D eigenvalue weighted by Crippen LogP contribution is 2.29. The zero-order valence-electron chi connectivity index (χ0n) is 15.4. The molecule has 0 radical (unpaired) electrons. The maximum Gasteiger partial charge on any atom is 0.270 e. The van der Waals surface area contributed by atoms with Crippen molar-refractivity contribution in [2.24, 2.45) is 5.92 Å². The van der Waals surface area contributed by atoms with Crippen molar-refractivity contribution in [2.45, 2.75) is 32.6 Å². The molecule has 27 heavy (non-hydrogen) atoms. The number of carbonyl (C=O) groups is 1. The zero-order valence-corrected chi connectivity index (χ0v) is 17.0. The molecule has 0 unspecified atom stereocenters. The van der Waals surface area contributed by atoms with Crippen molar-refractivity contribution in [3.05, 3.63) is 33.9 Å². The highest BCUT2D eigenvalue weighted by molar-refractivity contribution is 7.16. The second-order valence-corrected chi connectivity index (χ2v) is 8.69. The first kappa shape index (κ1) is 18.3. The van der Waals surface area contributed by atoms with E-state index in [2.05, 4.69) is 43.5 Å². The first-order chi connectivity index (χ1) is 13.2. The maximum atomic E-state index is 12.3. The average Bonchev–Trinajstić information content (AvgIpc) is 3.36. The molecule has 1 aliphatic heterocycles. The number of thiophene rings is 1. The molecule has 1 fully saturated rings. The number of aryl methyl sites for hydroxylation is 1. The van der Waals surface area contributed by atoms with Crippen molar-refractivity contribution >= 4 is 44.6 Å². The molecule has 3 aromatic rings. The maximum absolute atomic E-state index is 12.3. The summed E-state index contributed by atoms with van der Waals surface area (Å²) in [4.78, 5) is 29.0. The van der Waals surface area contributed by atoms with E-state index in [0.717, 1.165) is 59.8 Å². The lowest BCUT2D eigenvalue weighted by Crippen LogP contribution is -2.39. The van der Waals surface area contributed by atoms with Gasteiger partial charge in [0.05, 0.1) is 10.4 Å². The number of hydrogen-bond acceptors (Lipinski definition) is 7. The van der Waals surface area contributed by atoms with Crippen molar-refractivity contribution < 1.29 is 4.79 Å². The molecule has 4 rings (SSSR count). The summed E-state index contributed by atoms with van der Waals surface area (Å²) < 4.78 is 0. The fraction of sp³-hybridized carbons (Fsp3) is 0.474. The van der Waals surface area contributed by atoms with Gasteiger partial charge in [0.25, 0.3) is 5.91 Å². The highest BCUT2D eigenvalue weighted by atomic mass is 32.1. The monoisotopic (exact) mass is 401 g/mol. The molecule has 1 N–H and O–H groups in total. The van der Waals surface area contributed by atoms with Crippen LogP contribution in [-0.4, -0.2) is 40.5 Å². The summed E-state index contributed by atoms with van der Waals surface area (Å²) in [5.74, 6) is 1.49. The van der Waals surface area contributed by atoms with Gasteiger partial charge in [-0.15, -0.1) is 22.7 Å². The summed E-state index contributed by atoms with van der Waals surface area (Å²) in [6.45, 7) is 4.75. The number of hydrogen-bond donors (Lipinski definition) is 1. The number of nitrogens with one attached hydrogen (secondary N) is 1. The third-order valence-corrected chi connectivity index (χ3v) is 6.68. The Balaban J connectivity index is 1.29. The molecule has 1 saturated heterocycles. The Hall–Kier alpha value is -2.06. The Labute approximate surface area is 166 Å². The van der Waals surface area contributed by atoms with Gasteiger partial charge in [0.15, 0.2) is 0 Å². The lowest BCUT2D eigenvalue weighted by atomic mass is 9.96. The zero-order chi connectivity index (χ0) is 18.6. The summed E-state index contributed by atoms with van der Waals surface area (Å²) in [5, 5.41) is 9.18. The van der Waals surface area contributed by atoms with E-state index in [1.54, 1.807) is 29.0 Å². The molecule has 142 valence electrons. The van der Waals surface area contributed by atoms with Crippen LogP contribution in [-0.2, 0) is 6.42 Å². The summed E-state index contributed by atoms with van der Waals surface area (Å²) in [5.41, 5.74) is 0.557. The van der Waals surface area contributed by atoms with Crippen molar-refractivity contribution in [2.75, 3.05) is 24.5 Å². The van der Waals surface area contributed by atoms with Gasteiger partial charge in [-0.3, -0.25) is 4.79 Å². The molecule has 0 bridgehead atoms. The first-order valence-corrected chi connectivity index (χ1v) is 11.2. The summed E-state index contributed by atoms with van der Waals surface area (Å²) >= 11 is 3.22. The van der Waals surface area contributed by atoms with E-state index in [1.807, 2.05) is 5.38 Å². The van der Waals surface area contributed by atoms with Crippen LogP contribution in [0.25, 0.3) is 10.2 Å². The minimum atomic E-state index is -0.0492. The van der Waals surface area contributed by atoms with E-state index in [9.17, 15) is 4.79 Å². The van der Waals surface area contributed by atoms with Crippen molar-refractivity contribution in [1.29, 1.82) is 0 Å². The molecule has 4 heterocycles. The van der Waals surface area contributed by atoms with E-state index >= 15 is 0 Å². The number of amides is 1. The van der Waals surface area contributed by atoms with Crippen LogP contribution < -0.4 is 10.2 Å². The van der Waals surface area contributed by atoms with Gasteiger partial charge in [-0.1, -0.05) is 6.92 Å². The molecule has 0 aliphatic carbocycles. The van der Waals surface area contributed by atoms with Crippen LogP contribution in [0.5, 0.6) is 0 Å². The lowest BCUT2D eigenvalue weighted by Gasteiger charge is -2.33. The number of carbonyl (C=O) groups excluding carboxylic acids is 1. The molecule has 3 aromatic heterocycles. The van der Waals surface area contributed by atoms with Crippen LogP contribution in [0.4, 0.5) is 5.82 Å². The Morgan fingerprint density at radius 2 is 2.15 bits per heavy atom. The van der Waals surface area contributed by atoms with Crippen LogP contribution in [0.15, 0.2) is 23.2 Å². The second-order valence-electron chi connectivity index (χ2n) is 6.85. The normalized spacial score (nSPS) is 15.4. The number of rotatable bonds is 6. The number of nitrogens with zero attached hydrogens (tertiary/aromatic N) is 4. The second kappa shape index (κ2) is 8.31. The summed E-state index contributed by atoms with van der Waals surface area (Å²) in [7, 11) is 0. The Kier molecular flexibility index (Phi) is 5.63. The molecular weight excluding hydrogens is 378 g/mol. The lowest BCUT2D eigenvalue weighted by molar-refractivity contribution is 0.0940. The molecule has 0 saturated carbocycles. The largest absolute Gasteiger partial charge is 0.356 e. The van der Waals surface area contributed by atoms with Gasteiger partial charge in [-0.2, -0.15) is 0 Å². The third-order valence-electron chi connectivity index (χ3n) is 4.95. The molecular formula is C19H23N5OS2. The quantitative estimate of drug-likeness (QED) is 0.681. The molecule has 1 amide bonds. The van der Waals surface area contributed by atoms with Crippen molar-refractivity contribution in [3.8, 4) is 0 Å². The molecule has 1 aliphatic rings. The summed E-state index contributed by atoms with van der Waals surface area (Å²) in [6.07, 6.45) is 5.75. The topological polar surface area (TPSA) is 71.0 Å². The van der Waals surface area contributed by atoms with Gasteiger partial charge < -0.3 is 10.2 Å². The van der Waals surface area contributed by atoms with Gasteiger partial charge >= 0.3 is 0 Å². The van der Waals surface area contributed by atoms with Crippen LogP contribution in [0.3, 0.4) is 0 Å². The minimum Gasteiger partial charge on any atom is -0.356 e. The fourth-order valence-corrected chi connectivity index (χ4v) is 5.06. The van der Waals surface area contributed by atoms with Gasteiger partial charge in [0.1, 0.15) is 22.7 Å². The Morgan fingerprint density at radius 1 is 1.30 bits per heavy atom. The number of thiazole rings is 1. The predicted molar refractivity (Wildman–Crippen MR) is 111 cm³/mol. The molecule has 6 nitrogen and oxygen atoms in total. The third kappa shape index (κ3) is 4.11. The smallest absolute Gasteiger partial charge is 0.270 e. The Bertz CT molecular complexity index is 914. The van der Waals surface area contributed by atoms with E-state index < -0.39 is 0 Å². The van der Waals surface area contributed by atoms with Gasteiger partial charge in [0.2, 0.25) is 0 Å². The van der Waals surface area contributed by atoms with Crippen molar-refractivity contribution in [3.63, 3.8) is 0 Å². The molecule has 0 atom stereocenters. The van der Waals surface area contributed by atoms with Gasteiger partial charge in [-0.25, -0.2) is 15.0 Å².